The van der Waals surface area contributed by atoms with Crippen LogP contribution >= 0.6 is 22.6 Å². The summed E-state index contributed by atoms with van der Waals surface area (Å²) in [7, 11) is -0.119. The van der Waals surface area contributed by atoms with Crippen LogP contribution in [-0.4, -0.2) is 56.3 Å². The zero-order valence-corrected chi connectivity index (χ0v) is 21.8. The highest BCUT2D eigenvalue weighted by Gasteiger charge is 2.36. The van der Waals surface area contributed by atoms with Crippen molar-refractivity contribution in [3.63, 3.8) is 0 Å². The van der Waals surface area contributed by atoms with E-state index in [1.54, 1.807) is 14.0 Å². The first-order chi connectivity index (χ1) is 16.4. The number of anilines is 1. The molecule has 0 saturated heterocycles. The molecule has 1 aliphatic carbocycles. The second kappa shape index (κ2) is 11.4. The third-order valence-corrected chi connectivity index (χ3v) is 8.11. The van der Waals surface area contributed by atoms with Gasteiger partial charge < -0.3 is 24.5 Å². The molecule has 10 nitrogen and oxygen atoms in total. The fourth-order valence-electron chi connectivity index (χ4n) is 3.41. The van der Waals surface area contributed by atoms with Crippen molar-refractivity contribution in [1.29, 1.82) is 0 Å². The number of aryl methyl sites for hydroxylation is 1. The van der Waals surface area contributed by atoms with E-state index in [1.165, 1.54) is 43.6 Å². The lowest BCUT2D eigenvalue weighted by Gasteiger charge is -2.32. The summed E-state index contributed by atoms with van der Waals surface area (Å²) in [6.07, 6.45) is -0.840. The first-order valence-corrected chi connectivity index (χ1v) is 13.4. The lowest BCUT2D eigenvalue weighted by atomic mass is 10.3. The predicted molar refractivity (Wildman–Crippen MR) is 137 cm³/mol. The summed E-state index contributed by atoms with van der Waals surface area (Å²) >= 11 is 0.991. The van der Waals surface area contributed by atoms with Crippen molar-refractivity contribution in [1.82, 2.24) is 19.1 Å². The Kier molecular flexibility index (Phi) is 9.47. The molecule has 3 heterocycles. The molecule has 0 bridgehead atoms. The van der Waals surface area contributed by atoms with Crippen molar-refractivity contribution >= 4 is 39.4 Å². The SMILES string of the molecule is CCn1c(C(F)(F)F)cc2nc(-c3ncc(NC)cc3S(O)(O)CC)n(C)c2c1=O.O.OSC1CC1. The molecule has 0 atom stereocenters. The maximum Gasteiger partial charge on any atom is 0.431 e. The zero-order valence-electron chi connectivity index (χ0n) is 20.1. The van der Waals surface area contributed by atoms with Crippen molar-refractivity contribution in [3.05, 3.63) is 34.4 Å². The minimum atomic E-state index is -4.73. The van der Waals surface area contributed by atoms with Gasteiger partial charge in [0, 0.05) is 31.6 Å². The molecule has 0 radical (unpaired) electrons. The number of alkyl halides is 3. The topological polar surface area (TPSA) is 157 Å². The van der Waals surface area contributed by atoms with Crippen LogP contribution in [0.5, 0.6) is 0 Å². The van der Waals surface area contributed by atoms with Gasteiger partial charge in [0.25, 0.3) is 5.56 Å². The monoisotopic (exact) mass is 553 g/mol. The van der Waals surface area contributed by atoms with Gasteiger partial charge in [0.2, 0.25) is 0 Å². The van der Waals surface area contributed by atoms with E-state index in [2.05, 4.69) is 15.3 Å². The number of fused-ring (bicyclic) bond motifs is 1. The van der Waals surface area contributed by atoms with Gasteiger partial charge in [-0.15, -0.1) is 0 Å². The summed E-state index contributed by atoms with van der Waals surface area (Å²) in [5, 5.41) is 3.46. The van der Waals surface area contributed by atoms with Gasteiger partial charge in [-0.2, -0.15) is 23.8 Å². The summed E-state index contributed by atoms with van der Waals surface area (Å²) in [5.74, 6) is 0.0785. The summed E-state index contributed by atoms with van der Waals surface area (Å²) in [6, 6.07) is 2.33. The molecule has 6 N–H and O–H groups in total. The van der Waals surface area contributed by atoms with E-state index in [0.717, 1.165) is 18.1 Å². The zero-order chi connectivity index (χ0) is 26.1. The molecule has 202 valence electrons. The summed E-state index contributed by atoms with van der Waals surface area (Å²) < 4.78 is 71.5. The first kappa shape index (κ1) is 29.9. The van der Waals surface area contributed by atoms with Crippen molar-refractivity contribution in [2.75, 3.05) is 18.1 Å². The highest BCUT2D eigenvalue weighted by molar-refractivity contribution is 8.24. The van der Waals surface area contributed by atoms with E-state index >= 15 is 0 Å². The highest BCUT2D eigenvalue weighted by atomic mass is 32.3. The Balaban J connectivity index is 0.000000678. The van der Waals surface area contributed by atoms with Crippen molar-refractivity contribution < 1.29 is 32.3 Å². The van der Waals surface area contributed by atoms with E-state index < -0.39 is 28.0 Å². The number of halogens is 3. The van der Waals surface area contributed by atoms with Gasteiger partial charge in [-0.05, 0) is 50.9 Å². The molecule has 15 heteroatoms. The van der Waals surface area contributed by atoms with Gasteiger partial charge in [0.15, 0.2) is 5.82 Å². The first-order valence-electron chi connectivity index (χ1n) is 10.8. The average Bonchev–Trinajstić information content (AvgIpc) is 3.60. The molecule has 0 aromatic carbocycles. The molecule has 0 aliphatic heterocycles. The summed E-state index contributed by atoms with van der Waals surface area (Å²) in [5.41, 5.74) is -1.49. The largest absolute Gasteiger partial charge is 0.431 e. The number of hydrogen-bond acceptors (Lipinski definition) is 8. The van der Waals surface area contributed by atoms with Gasteiger partial charge in [0.05, 0.1) is 22.3 Å². The maximum absolute atomic E-state index is 13.4. The van der Waals surface area contributed by atoms with E-state index in [1.807, 2.05) is 0 Å². The molecule has 1 fully saturated rings. The molecule has 3 aromatic heterocycles. The van der Waals surface area contributed by atoms with Crippen LogP contribution in [0.2, 0.25) is 0 Å². The molecule has 4 rings (SSSR count). The number of imidazole rings is 1. The molecule has 36 heavy (non-hydrogen) atoms. The summed E-state index contributed by atoms with van der Waals surface area (Å²) in [6.45, 7) is 2.88. The lowest BCUT2D eigenvalue weighted by molar-refractivity contribution is -0.144. The molecule has 0 unspecified atom stereocenters. The normalized spacial score (nSPS) is 14.2. The van der Waals surface area contributed by atoms with Crippen molar-refractivity contribution in [2.24, 2.45) is 7.05 Å². The molecule has 1 saturated carbocycles. The summed E-state index contributed by atoms with van der Waals surface area (Å²) in [4.78, 5) is 21.4. The van der Waals surface area contributed by atoms with Crippen LogP contribution in [0.25, 0.3) is 22.6 Å². The quantitative estimate of drug-likeness (QED) is 0.324. The number of pyridine rings is 2. The minimum Gasteiger partial charge on any atom is -0.412 e. The standard InChI is InChI=1S/C18H22F3N5O3S.C3H6OS.H2O/c1-5-26-13(18(19,20)21)8-11-15(17(26)27)25(4)16(24-11)14-12(30(28,29)6-2)7-10(22-3)9-23-14;4-5-3-1-2-3;/h7-9,22,28-29H,5-6H2,1-4H3;3-4H,1-2H2;1H2. The Bertz CT molecular complexity index is 1280. The smallest absolute Gasteiger partial charge is 0.412 e. The Morgan fingerprint density at radius 2 is 1.89 bits per heavy atom. The van der Waals surface area contributed by atoms with E-state index in [4.69, 9.17) is 4.55 Å². The Labute approximate surface area is 211 Å². The Morgan fingerprint density at radius 1 is 1.25 bits per heavy atom. The molecule has 0 spiro atoms. The molecule has 0 amide bonds. The third kappa shape index (κ3) is 5.98. The number of nitrogens with zero attached hydrogens (tertiary/aromatic N) is 4. The Hall–Kier alpha value is -2.30. The van der Waals surface area contributed by atoms with Gasteiger partial charge in [0.1, 0.15) is 16.9 Å². The van der Waals surface area contributed by atoms with Crippen LogP contribution in [0, 0.1) is 0 Å². The molecule has 1 aliphatic rings. The van der Waals surface area contributed by atoms with Gasteiger partial charge in [-0.1, -0.05) is 0 Å². The molecular formula is C21H30F3N5O5S2. The van der Waals surface area contributed by atoms with E-state index in [9.17, 15) is 27.1 Å². The Morgan fingerprint density at radius 3 is 2.33 bits per heavy atom. The van der Waals surface area contributed by atoms with Crippen LogP contribution in [0.3, 0.4) is 0 Å². The van der Waals surface area contributed by atoms with Crippen LogP contribution in [0.15, 0.2) is 28.0 Å². The van der Waals surface area contributed by atoms with Crippen LogP contribution in [0.4, 0.5) is 18.9 Å². The number of hydrogen-bond donors (Lipinski definition) is 4. The van der Waals surface area contributed by atoms with Crippen LogP contribution in [0.1, 0.15) is 32.4 Å². The number of aromatic nitrogens is 4. The fourth-order valence-corrected chi connectivity index (χ4v) is 4.83. The second-order valence-corrected chi connectivity index (χ2v) is 11.1. The second-order valence-electron chi connectivity index (χ2n) is 7.89. The van der Waals surface area contributed by atoms with Crippen molar-refractivity contribution in [3.8, 4) is 11.5 Å². The van der Waals surface area contributed by atoms with Gasteiger partial charge >= 0.3 is 6.18 Å². The van der Waals surface area contributed by atoms with E-state index in [0.29, 0.717) is 15.5 Å². The van der Waals surface area contributed by atoms with Gasteiger partial charge in [-0.3, -0.25) is 13.9 Å². The van der Waals surface area contributed by atoms with Crippen LogP contribution in [-0.2, 0) is 19.8 Å². The van der Waals surface area contributed by atoms with E-state index in [-0.39, 0.29) is 45.2 Å². The average molecular weight is 554 g/mol. The third-order valence-electron chi connectivity index (χ3n) is 5.52. The van der Waals surface area contributed by atoms with Crippen LogP contribution < -0.4 is 10.9 Å². The fraction of sp³-hybridized carbons (Fsp3) is 0.476. The number of nitrogens with one attached hydrogen (secondary N) is 1. The minimum absolute atomic E-state index is 0. The maximum atomic E-state index is 13.4. The highest BCUT2D eigenvalue weighted by Crippen LogP contribution is 2.51. The lowest BCUT2D eigenvalue weighted by Crippen LogP contribution is -2.28. The van der Waals surface area contributed by atoms with Gasteiger partial charge in [-0.25, -0.2) is 9.97 Å². The predicted octanol–water partition coefficient (Wildman–Crippen LogP) is 4.54. The number of rotatable bonds is 6. The van der Waals surface area contributed by atoms with Crippen molar-refractivity contribution in [2.45, 2.75) is 49.6 Å². The molecular weight excluding hydrogens is 523 g/mol. The molecule has 3 aromatic rings.